The Morgan fingerprint density at radius 3 is 2.64 bits per heavy atom. The lowest BCUT2D eigenvalue weighted by Crippen LogP contribution is -2.52. The molecule has 1 aliphatic rings. The lowest BCUT2D eigenvalue weighted by molar-refractivity contribution is -0.141. The Balaban J connectivity index is 1.88. The fourth-order valence-corrected chi connectivity index (χ4v) is 2.41. The summed E-state index contributed by atoms with van der Waals surface area (Å²) in [5.41, 5.74) is 0.764. The fraction of sp³-hybridized carbons (Fsp3) is 0.357. The molecule has 0 saturated carbocycles. The summed E-state index contributed by atoms with van der Waals surface area (Å²) < 4.78 is 26.7. The number of piperidine rings is 1. The van der Waals surface area contributed by atoms with Gasteiger partial charge in [-0.25, -0.2) is 8.78 Å². The molecule has 6 nitrogen and oxygen atoms in total. The topological polar surface area (TPSA) is 71.2 Å². The summed E-state index contributed by atoms with van der Waals surface area (Å²) in [4.78, 5) is 15.1. The average molecular weight is 308 g/mol. The largest absolute Gasteiger partial charge is 0.385 e. The van der Waals surface area contributed by atoms with Crippen LogP contribution in [0.5, 0.6) is 0 Å². The summed E-state index contributed by atoms with van der Waals surface area (Å²) in [7, 11) is 0. The number of carbonyl (C=O) groups is 1. The van der Waals surface area contributed by atoms with Crippen molar-refractivity contribution in [3.63, 3.8) is 0 Å². The lowest BCUT2D eigenvalue weighted by atomic mass is 10.0. The summed E-state index contributed by atoms with van der Waals surface area (Å²) >= 11 is 0. The highest BCUT2D eigenvalue weighted by atomic mass is 19.3. The molecule has 1 unspecified atom stereocenters. The first kappa shape index (κ1) is 14.6. The number of aliphatic hydroxyl groups excluding tert-OH is 1. The molecule has 1 amide bonds. The number of rotatable bonds is 2. The van der Waals surface area contributed by atoms with Gasteiger partial charge in [-0.05, 0) is 12.1 Å². The van der Waals surface area contributed by atoms with Crippen molar-refractivity contribution in [3.8, 4) is 5.69 Å². The van der Waals surface area contributed by atoms with E-state index >= 15 is 0 Å². The second-order valence-electron chi connectivity index (χ2n) is 5.11. The number of hydrogen-bond acceptors (Lipinski definition) is 4. The highest BCUT2D eigenvalue weighted by molar-refractivity contribution is 5.97. The van der Waals surface area contributed by atoms with Crippen molar-refractivity contribution >= 4 is 5.91 Å². The average Bonchev–Trinajstić information content (AvgIpc) is 3.03. The summed E-state index contributed by atoms with van der Waals surface area (Å²) in [6.07, 6.45) is 0.557. The number of aliphatic hydroxyl groups is 1. The van der Waals surface area contributed by atoms with Crippen LogP contribution in [0.1, 0.15) is 16.8 Å². The smallest absolute Gasteiger partial charge is 0.276 e. The number of halogens is 2. The maximum Gasteiger partial charge on any atom is 0.276 e. The van der Waals surface area contributed by atoms with Crippen LogP contribution < -0.4 is 0 Å². The van der Waals surface area contributed by atoms with E-state index in [9.17, 15) is 18.7 Å². The summed E-state index contributed by atoms with van der Waals surface area (Å²) in [6.45, 7) is -0.504. The van der Waals surface area contributed by atoms with Gasteiger partial charge in [0.1, 0.15) is 6.10 Å². The number of nitrogens with zero attached hydrogens (tertiary/aromatic N) is 4. The zero-order chi connectivity index (χ0) is 15.7. The second-order valence-corrected chi connectivity index (χ2v) is 5.11. The molecule has 22 heavy (non-hydrogen) atoms. The number of hydrogen-bond donors (Lipinski definition) is 1. The Morgan fingerprint density at radius 2 is 1.95 bits per heavy atom. The molecule has 0 radical (unpaired) electrons. The summed E-state index contributed by atoms with van der Waals surface area (Å²) in [5, 5.41) is 17.4. The number of β-amino-alcohol motifs (C(OH)–C–C–N with tert-alkyl or cyclic N) is 1. The molecule has 1 N–H and O–H groups in total. The molecule has 1 saturated heterocycles. The minimum absolute atomic E-state index is 0.107. The molecule has 1 aromatic heterocycles. The molecule has 2 aromatic rings. The number of alkyl halides is 2. The van der Waals surface area contributed by atoms with E-state index in [0.717, 1.165) is 0 Å². The summed E-state index contributed by atoms with van der Waals surface area (Å²) in [6, 6.07) is 6.66. The Labute approximate surface area is 125 Å². The highest BCUT2D eigenvalue weighted by Gasteiger charge is 2.44. The Hall–Kier alpha value is -2.35. The van der Waals surface area contributed by atoms with Crippen LogP contribution in [0.25, 0.3) is 5.69 Å². The Kier molecular flexibility index (Phi) is 3.61. The van der Waals surface area contributed by atoms with Crippen LogP contribution in [0.4, 0.5) is 8.78 Å². The molecule has 1 fully saturated rings. The standard InChI is InChI=1S/C14H14F2N4O2/c15-14(16)5-8-19(9-12(14)21)13(22)10-3-1-2-4-11(10)20-17-6-7-18-20/h1-4,6-7,12,21H,5,8-9H2. The van der Waals surface area contributed by atoms with E-state index in [4.69, 9.17) is 0 Å². The van der Waals surface area contributed by atoms with Gasteiger partial charge in [0.2, 0.25) is 0 Å². The maximum atomic E-state index is 13.3. The van der Waals surface area contributed by atoms with Gasteiger partial charge in [0.05, 0.1) is 30.2 Å². The number of aromatic nitrogens is 3. The number of benzene rings is 1. The van der Waals surface area contributed by atoms with Gasteiger partial charge in [-0.2, -0.15) is 15.0 Å². The van der Waals surface area contributed by atoms with Crippen molar-refractivity contribution in [1.82, 2.24) is 19.9 Å². The molecular weight excluding hydrogens is 294 g/mol. The monoisotopic (exact) mass is 308 g/mol. The van der Waals surface area contributed by atoms with Gasteiger partial charge in [0, 0.05) is 13.0 Å². The molecule has 1 atom stereocenters. The van der Waals surface area contributed by atoms with Gasteiger partial charge in [0.25, 0.3) is 11.8 Å². The van der Waals surface area contributed by atoms with Crippen molar-refractivity contribution in [2.45, 2.75) is 18.4 Å². The van der Waals surface area contributed by atoms with Crippen LogP contribution in [-0.4, -0.2) is 56.0 Å². The SMILES string of the molecule is O=C(c1ccccc1-n1nccn1)N1CCC(F)(F)C(O)C1. The van der Waals surface area contributed by atoms with Gasteiger partial charge >= 0.3 is 0 Å². The van der Waals surface area contributed by atoms with Gasteiger partial charge in [-0.3, -0.25) is 4.79 Å². The van der Waals surface area contributed by atoms with E-state index in [-0.39, 0.29) is 6.54 Å². The van der Waals surface area contributed by atoms with Crippen molar-refractivity contribution in [2.24, 2.45) is 0 Å². The second kappa shape index (κ2) is 5.45. The number of amides is 1. The molecule has 1 aliphatic heterocycles. The number of para-hydroxylation sites is 1. The molecular formula is C14H14F2N4O2. The van der Waals surface area contributed by atoms with E-state index < -0.39 is 30.9 Å². The molecule has 2 heterocycles. The zero-order valence-corrected chi connectivity index (χ0v) is 11.6. The normalized spacial score (nSPS) is 20.9. The van der Waals surface area contributed by atoms with Crippen LogP contribution in [0.15, 0.2) is 36.7 Å². The Morgan fingerprint density at radius 1 is 1.27 bits per heavy atom. The van der Waals surface area contributed by atoms with E-state index in [1.54, 1.807) is 24.3 Å². The van der Waals surface area contributed by atoms with Crippen molar-refractivity contribution in [3.05, 3.63) is 42.2 Å². The number of likely N-dealkylation sites (tertiary alicyclic amines) is 1. The summed E-state index contributed by atoms with van der Waals surface area (Å²) in [5.74, 6) is -3.58. The minimum Gasteiger partial charge on any atom is -0.385 e. The van der Waals surface area contributed by atoms with Crippen molar-refractivity contribution in [2.75, 3.05) is 13.1 Å². The van der Waals surface area contributed by atoms with E-state index in [2.05, 4.69) is 10.2 Å². The number of carbonyl (C=O) groups excluding carboxylic acids is 1. The van der Waals surface area contributed by atoms with Crippen molar-refractivity contribution < 1.29 is 18.7 Å². The third-order valence-electron chi connectivity index (χ3n) is 3.65. The Bertz CT molecular complexity index is 675. The first-order chi connectivity index (χ1) is 10.5. The van der Waals surface area contributed by atoms with Gasteiger partial charge < -0.3 is 10.0 Å². The lowest BCUT2D eigenvalue weighted by Gasteiger charge is -2.35. The molecule has 1 aromatic carbocycles. The van der Waals surface area contributed by atoms with Crippen LogP contribution in [-0.2, 0) is 0 Å². The quantitative estimate of drug-likeness (QED) is 0.902. The first-order valence-electron chi connectivity index (χ1n) is 6.80. The molecule has 0 aliphatic carbocycles. The minimum atomic E-state index is -3.15. The zero-order valence-electron chi connectivity index (χ0n) is 11.6. The molecule has 8 heteroatoms. The maximum absolute atomic E-state index is 13.3. The van der Waals surface area contributed by atoms with Crippen molar-refractivity contribution in [1.29, 1.82) is 0 Å². The molecule has 0 bridgehead atoms. The fourth-order valence-electron chi connectivity index (χ4n) is 2.41. The molecule has 3 rings (SSSR count). The highest BCUT2D eigenvalue weighted by Crippen LogP contribution is 2.29. The third kappa shape index (κ3) is 2.57. The van der Waals surface area contributed by atoms with E-state index in [1.807, 2.05) is 0 Å². The van der Waals surface area contributed by atoms with Crippen LogP contribution >= 0.6 is 0 Å². The predicted molar refractivity (Wildman–Crippen MR) is 72.8 cm³/mol. The molecule has 116 valence electrons. The molecule has 0 spiro atoms. The predicted octanol–water partition coefficient (Wildman–Crippen LogP) is 1.11. The third-order valence-corrected chi connectivity index (χ3v) is 3.65. The van der Waals surface area contributed by atoms with E-state index in [1.165, 1.54) is 22.1 Å². The van der Waals surface area contributed by atoms with Crippen LogP contribution in [0, 0.1) is 0 Å². The first-order valence-corrected chi connectivity index (χ1v) is 6.80. The van der Waals surface area contributed by atoms with Gasteiger partial charge in [0.15, 0.2) is 0 Å². The van der Waals surface area contributed by atoms with Crippen LogP contribution in [0.2, 0.25) is 0 Å². The van der Waals surface area contributed by atoms with E-state index in [0.29, 0.717) is 11.3 Å². The van der Waals surface area contributed by atoms with Crippen LogP contribution in [0.3, 0.4) is 0 Å². The van der Waals surface area contributed by atoms with Gasteiger partial charge in [-0.1, -0.05) is 12.1 Å². The van der Waals surface area contributed by atoms with Gasteiger partial charge in [-0.15, -0.1) is 0 Å².